The van der Waals surface area contributed by atoms with Gasteiger partial charge >= 0.3 is 0 Å². The summed E-state index contributed by atoms with van der Waals surface area (Å²) in [6.45, 7) is 6.33. The van der Waals surface area contributed by atoms with Gasteiger partial charge in [0.25, 0.3) is 0 Å². The molecule has 0 spiro atoms. The standard InChI is InChI=1S/C14H23N3O2S2/c1-12-15-13(10-21-12)9-20-11-14(19)17-4-2-3-16(5-6-17)7-8-18/h10,18H,2-9,11H2,1H3. The van der Waals surface area contributed by atoms with E-state index < -0.39 is 0 Å². The molecule has 0 atom stereocenters. The minimum absolute atomic E-state index is 0.191. The van der Waals surface area contributed by atoms with Crippen LogP contribution in [-0.4, -0.2) is 70.9 Å². The average Bonchev–Trinajstić information content (AvgIpc) is 2.73. The molecule has 0 saturated carbocycles. The molecule has 1 aliphatic heterocycles. The zero-order valence-corrected chi connectivity index (χ0v) is 14.1. The van der Waals surface area contributed by atoms with Crippen LogP contribution in [0.1, 0.15) is 17.1 Å². The molecule has 1 aromatic rings. The van der Waals surface area contributed by atoms with Gasteiger partial charge in [0.15, 0.2) is 0 Å². The van der Waals surface area contributed by atoms with E-state index in [1.54, 1.807) is 23.1 Å². The highest BCUT2D eigenvalue weighted by Crippen LogP contribution is 2.16. The lowest BCUT2D eigenvalue weighted by atomic mass is 10.4. The van der Waals surface area contributed by atoms with Gasteiger partial charge in [-0.1, -0.05) is 0 Å². The molecule has 0 aliphatic carbocycles. The predicted molar refractivity (Wildman–Crippen MR) is 87.7 cm³/mol. The van der Waals surface area contributed by atoms with Gasteiger partial charge in [-0.15, -0.1) is 23.1 Å². The second-order valence-corrected chi connectivity index (χ2v) is 7.20. The molecule has 0 unspecified atom stereocenters. The smallest absolute Gasteiger partial charge is 0.232 e. The zero-order valence-electron chi connectivity index (χ0n) is 12.5. The lowest BCUT2D eigenvalue weighted by Crippen LogP contribution is -2.36. The monoisotopic (exact) mass is 329 g/mol. The van der Waals surface area contributed by atoms with Crippen molar-refractivity contribution < 1.29 is 9.90 Å². The van der Waals surface area contributed by atoms with Crippen molar-refractivity contribution in [3.05, 3.63) is 16.1 Å². The van der Waals surface area contributed by atoms with Gasteiger partial charge in [-0.05, 0) is 19.9 Å². The Bertz CT molecular complexity index is 453. The van der Waals surface area contributed by atoms with Gasteiger partial charge in [-0.2, -0.15) is 0 Å². The number of hydrogen-bond acceptors (Lipinski definition) is 6. The van der Waals surface area contributed by atoms with Gasteiger partial charge in [0.2, 0.25) is 5.91 Å². The number of β-amino-alcohol motifs (C(OH)–C–C–N with tert-alkyl or cyclic N) is 1. The molecule has 5 nitrogen and oxygen atoms in total. The van der Waals surface area contributed by atoms with Crippen LogP contribution in [0.5, 0.6) is 0 Å². The number of aliphatic hydroxyl groups is 1. The molecule has 1 amide bonds. The van der Waals surface area contributed by atoms with Crippen molar-refractivity contribution in [3.63, 3.8) is 0 Å². The van der Waals surface area contributed by atoms with Crippen molar-refractivity contribution in [1.82, 2.24) is 14.8 Å². The number of aliphatic hydroxyl groups excluding tert-OH is 1. The molecule has 0 aromatic carbocycles. The average molecular weight is 329 g/mol. The molecule has 1 saturated heterocycles. The molecule has 7 heteroatoms. The lowest BCUT2D eigenvalue weighted by molar-refractivity contribution is -0.128. The molecule has 21 heavy (non-hydrogen) atoms. The molecule has 0 radical (unpaired) electrons. The van der Waals surface area contributed by atoms with Gasteiger partial charge in [0.05, 0.1) is 23.1 Å². The van der Waals surface area contributed by atoms with E-state index in [1.807, 2.05) is 11.8 Å². The quantitative estimate of drug-likeness (QED) is 0.850. The Morgan fingerprint density at radius 1 is 1.43 bits per heavy atom. The van der Waals surface area contributed by atoms with Crippen molar-refractivity contribution in [2.45, 2.75) is 19.1 Å². The van der Waals surface area contributed by atoms with Crippen LogP contribution in [0.25, 0.3) is 0 Å². The van der Waals surface area contributed by atoms with E-state index in [-0.39, 0.29) is 12.5 Å². The maximum absolute atomic E-state index is 12.2. The number of hydrogen-bond donors (Lipinski definition) is 1. The maximum Gasteiger partial charge on any atom is 0.232 e. The lowest BCUT2D eigenvalue weighted by Gasteiger charge is -2.21. The molecule has 0 bridgehead atoms. The Morgan fingerprint density at radius 3 is 3.00 bits per heavy atom. The third-order valence-corrected chi connectivity index (χ3v) is 5.27. The van der Waals surface area contributed by atoms with Crippen LogP contribution in [0, 0.1) is 6.92 Å². The van der Waals surface area contributed by atoms with Crippen LogP contribution < -0.4 is 0 Å². The molecule has 2 rings (SSSR count). The predicted octanol–water partition coefficient (Wildman–Crippen LogP) is 1.21. The van der Waals surface area contributed by atoms with Gasteiger partial charge in [0, 0.05) is 37.3 Å². The second kappa shape index (κ2) is 8.73. The SMILES string of the molecule is Cc1nc(CSCC(=O)N2CCCN(CCO)CC2)cs1. The van der Waals surface area contributed by atoms with E-state index in [2.05, 4.69) is 15.3 Å². The van der Waals surface area contributed by atoms with E-state index >= 15 is 0 Å². The van der Waals surface area contributed by atoms with Crippen LogP contribution in [0.15, 0.2) is 5.38 Å². The topological polar surface area (TPSA) is 56.7 Å². The molecule has 2 heterocycles. The van der Waals surface area contributed by atoms with Crippen LogP contribution in [-0.2, 0) is 10.5 Å². The third-order valence-electron chi connectivity index (χ3n) is 3.50. The summed E-state index contributed by atoms with van der Waals surface area (Å²) in [7, 11) is 0. The van der Waals surface area contributed by atoms with Gasteiger partial charge in [-0.3, -0.25) is 9.69 Å². The van der Waals surface area contributed by atoms with Crippen LogP contribution >= 0.6 is 23.1 Å². The van der Waals surface area contributed by atoms with Crippen LogP contribution in [0.3, 0.4) is 0 Å². The number of thioether (sulfide) groups is 1. The molecular formula is C14H23N3O2S2. The molecular weight excluding hydrogens is 306 g/mol. The number of aryl methyl sites for hydroxylation is 1. The molecule has 1 N–H and O–H groups in total. The Morgan fingerprint density at radius 2 is 2.29 bits per heavy atom. The highest BCUT2D eigenvalue weighted by atomic mass is 32.2. The summed E-state index contributed by atoms with van der Waals surface area (Å²) in [6.07, 6.45) is 0.988. The van der Waals surface area contributed by atoms with Gasteiger partial charge in [0.1, 0.15) is 0 Å². The molecule has 1 aromatic heterocycles. The first-order valence-corrected chi connectivity index (χ1v) is 9.32. The number of nitrogens with zero attached hydrogens (tertiary/aromatic N) is 3. The Kier molecular flexibility index (Phi) is 6.95. The number of aromatic nitrogens is 1. The Labute approximate surface area is 134 Å². The Balaban J connectivity index is 1.70. The highest BCUT2D eigenvalue weighted by Gasteiger charge is 2.18. The van der Waals surface area contributed by atoms with E-state index in [0.29, 0.717) is 12.3 Å². The van der Waals surface area contributed by atoms with Crippen molar-refractivity contribution >= 4 is 29.0 Å². The van der Waals surface area contributed by atoms with Crippen molar-refractivity contribution in [2.24, 2.45) is 0 Å². The summed E-state index contributed by atoms with van der Waals surface area (Å²) < 4.78 is 0. The van der Waals surface area contributed by atoms with Crippen molar-refractivity contribution in [3.8, 4) is 0 Å². The Hall–Kier alpha value is -0.630. The second-order valence-electron chi connectivity index (χ2n) is 5.15. The van der Waals surface area contributed by atoms with E-state index in [9.17, 15) is 4.79 Å². The normalized spacial score (nSPS) is 17.0. The van der Waals surface area contributed by atoms with Gasteiger partial charge < -0.3 is 10.0 Å². The third kappa shape index (κ3) is 5.58. The number of carbonyl (C=O) groups is 1. The summed E-state index contributed by atoms with van der Waals surface area (Å²) in [5, 5.41) is 12.1. The summed E-state index contributed by atoms with van der Waals surface area (Å²) in [5.74, 6) is 1.55. The maximum atomic E-state index is 12.2. The number of thiazole rings is 1. The van der Waals surface area contributed by atoms with E-state index in [0.717, 1.165) is 49.1 Å². The number of carbonyl (C=O) groups excluding carboxylic acids is 1. The summed E-state index contributed by atoms with van der Waals surface area (Å²) in [6, 6.07) is 0. The largest absolute Gasteiger partial charge is 0.395 e. The zero-order chi connectivity index (χ0) is 15.1. The van der Waals surface area contributed by atoms with E-state index in [1.165, 1.54) is 0 Å². The first-order chi connectivity index (χ1) is 10.2. The summed E-state index contributed by atoms with van der Waals surface area (Å²) in [5.41, 5.74) is 1.07. The highest BCUT2D eigenvalue weighted by molar-refractivity contribution is 7.99. The fourth-order valence-electron chi connectivity index (χ4n) is 2.39. The minimum Gasteiger partial charge on any atom is -0.395 e. The first-order valence-electron chi connectivity index (χ1n) is 7.29. The first kappa shape index (κ1) is 16.7. The fraction of sp³-hybridized carbons (Fsp3) is 0.714. The van der Waals surface area contributed by atoms with Gasteiger partial charge in [-0.25, -0.2) is 4.98 Å². The molecule has 1 fully saturated rings. The van der Waals surface area contributed by atoms with E-state index in [4.69, 9.17) is 5.11 Å². The number of rotatable bonds is 6. The van der Waals surface area contributed by atoms with Crippen LogP contribution in [0.2, 0.25) is 0 Å². The van der Waals surface area contributed by atoms with Crippen LogP contribution in [0.4, 0.5) is 0 Å². The molecule has 118 valence electrons. The summed E-state index contributed by atoms with van der Waals surface area (Å²) in [4.78, 5) is 20.8. The molecule has 1 aliphatic rings. The number of amides is 1. The van der Waals surface area contributed by atoms with Crippen molar-refractivity contribution in [1.29, 1.82) is 0 Å². The van der Waals surface area contributed by atoms with Crippen molar-refractivity contribution in [2.75, 3.05) is 45.1 Å². The summed E-state index contributed by atoms with van der Waals surface area (Å²) >= 11 is 3.29. The minimum atomic E-state index is 0.191. The fourth-order valence-corrected chi connectivity index (χ4v) is 3.93.